The van der Waals surface area contributed by atoms with Crippen LogP contribution in [0.4, 0.5) is 5.82 Å². The van der Waals surface area contributed by atoms with Crippen LogP contribution in [0.3, 0.4) is 0 Å². The Balaban J connectivity index is 1.63. The standard InChI is InChI=1S/C18H26N4O3/c1-18(2,13-17(23)24)12-16-21-15(22-25-16)9-4-3-6-10-19-14-8-5-7-11-20-14/h5,7-8,11H,3-4,6,9-10,12-13H2,1-2H3,(H,19,20)(H,23,24). The topological polar surface area (TPSA) is 101 Å². The first-order chi connectivity index (χ1) is 11.9. The zero-order chi connectivity index (χ0) is 18.1. The van der Waals surface area contributed by atoms with E-state index in [1.165, 1.54) is 0 Å². The molecule has 0 aliphatic rings. The van der Waals surface area contributed by atoms with Gasteiger partial charge in [-0.05, 0) is 30.4 Å². The van der Waals surface area contributed by atoms with Gasteiger partial charge in [-0.3, -0.25) is 4.79 Å². The van der Waals surface area contributed by atoms with Crippen molar-refractivity contribution in [1.29, 1.82) is 0 Å². The molecule has 0 spiro atoms. The minimum absolute atomic E-state index is 0.0774. The number of anilines is 1. The fourth-order valence-electron chi connectivity index (χ4n) is 2.61. The summed E-state index contributed by atoms with van der Waals surface area (Å²) >= 11 is 0. The Morgan fingerprint density at radius 3 is 2.84 bits per heavy atom. The highest BCUT2D eigenvalue weighted by atomic mass is 16.5. The lowest BCUT2D eigenvalue weighted by atomic mass is 9.86. The van der Waals surface area contributed by atoms with Crippen molar-refractivity contribution in [3.63, 3.8) is 0 Å². The second-order valence-electron chi connectivity index (χ2n) is 6.97. The van der Waals surface area contributed by atoms with Gasteiger partial charge in [0.15, 0.2) is 5.82 Å². The van der Waals surface area contributed by atoms with Crippen molar-refractivity contribution < 1.29 is 14.4 Å². The molecular weight excluding hydrogens is 320 g/mol. The van der Waals surface area contributed by atoms with E-state index in [1.807, 2.05) is 32.0 Å². The summed E-state index contributed by atoms with van der Waals surface area (Å²) in [6, 6.07) is 5.81. The van der Waals surface area contributed by atoms with E-state index in [1.54, 1.807) is 6.20 Å². The highest BCUT2D eigenvalue weighted by Crippen LogP contribution is 2.25. The third-order valence-corrected chi connectivity index (χ3v) is 3.82. The molecule has 2 N–H and O–H groups in total. The van der Waals surface area contributed by atoms with Crippen LogP contribution in [0, 0.1) is 5.41 Å². The van der Waals surface area contributed by atoms with Gasteiger partial charge in [0.05, 0.1) is 6.42 Å². The van der Waals surface area contributed by atoms with Crippen LogP contribution >= 0.6 is 0 Å². The number of carboxylic acids is 1. The highest BCUT2D eigenvalue weighted by molar-refractivity contribution is 5.67. The maximum absolute atomic E-state index is 10.9. The number of pyridine rings is 1. The molecular formula is C18H26N4O3. The van der Waals surface area contributed by atoms with Crippen LogP contribution in [0.1, 0.15) is 51.2 Å². The zero-order valence-electron chi connectivity index (χ0n) is 14.9. The van der Waals surface area contributed by atoms with E-state index in [0.717, 1.165) is 38.0 Å². The van der Waals surface area contributed by atoms with Gasteiger partial charge in [-0.1, -0.05) is 31.5 Å². The van der Waals surface area contributed by atoms with Gasteiger partial charge in [-0.25, -0.2) is 4.98 Å². The van der Waals surface area contributed by atoms with Gasteiger partial charge in [-0.15, -0.1) is 0 Å². The number of nitrogens with one attached hydrogen (secondary N) is 1. The van der Waals surface area contributed by atoms with E-state index in [-0.39, 0.29) is 6.42 Å². The molecule has 0 aliphatic carbocycles. The molecule has 0 atom stereocenters. The van der Waals surface area contributed by atoms with Crippen molar-refractivity contribution in [2.75, 3.05) is 11.9 Å². The number of carbonyl (C=O) groups is 1. The third kappa shape index (κ3) is 7.32. The minimum Gasteiger partial charge on any atom is -0.481 e. The van der Waals surface area contributed by atoms with Crippen molar-refractivity contribution in [3.8, 4) is 0 Å². The SMILES string of the molecule is CC(C)(CC(=O)O)Cc1nc(CCCCCNc2ccccn2)no1. The Labute approximate surface area is 147 Å². The first-order valence-electron chi connectivity index (χ1n) is 8.63. The van der Waals surface area contributed by atoms with Crippen molar-refractivity contribution in [2.24, 2.45) is 5.41 Å². The molecule has 0 aromatic carbocycles. The average molecular weight is 346 g/mol. The first kappa shape index (κ1) is 18.9. The second kappa shape index (κ2) is 9.15. The molecule has 0 unspecified atom stereocenters. The number of nitrogens with zero attached hydrogens (tertiary/aromatic N) is 3. The van der Waals surface area contributed by atoms with Gasteiger partial charge in [0, 0.05) is 25.6 Å². The first-order valence-corrected chi connectivity index (χ1v) is 8.63. The molecule has 0 bridgehead atoms. The lowest BCUT2D eigenvalue weighted by molar-refractivity contribution is -0.139. The van der Waals surface area contributed by atoms with Crippen LogP contribution in [0.2, 0.25) is 0 Å². The van der Waals surface area contributed by atoms with E-state index in [2.05, 4.69) is 20.4 Å². The Hall–Kier alpha value is -2.44. The Morgan fingerprint density at radius 2 is 2.12 bits per heavy atom. The summed E-state index contributed by atoms with van der Waals surface area (Å²) in [5.74, 6) is 1.29. The fraction of sp³-hybridized carbons (Fsp3) is 0.556. The normalized spacial score (nSPS) is 11.4. The molecule has 0 amide bonds. The van der Waals surface area contributed by atoms with Gasteiger partial charge in [0.25, 0.3) is 0 Å². The smallest absolute Gasteiger partial charge is 0.303 e. The summed E-state index contributed by atoms with van der Waals surface area (Å²) < 4.78 is 5.24. The van der Waals surface area contributed by atoms with Crippen LogP contribution in [-0.2, 0) is 17.6 Å². The largest absolute Gasteiger partial charge is 0.481 e. The predicted octanol–water partition coefficient (Wildman–Crippen LogP) is 3.33. The monoisotopic (exact) mass is 346 g/mol. The molecule has 0 saturated carbocycles. The number of unbranched alkanes of at least 4 members (excludes halogenated alkanes) is 2. The number of aryl methyl sites for hydroxylation is 1. The predicted molar refractivity (Wildman–Crippen MR) is 94.3 cm³/mol. The van der Waals surface area contributed by atoms with Crippen LogP contribution in [0.25, 0.3) is 0 Å². The molecule has 7 heteroatoms. The number of hydrogen-bond donors (Lipinski definition) is 2. The van der Waals surface area contributed by atoms with Gasteiger partial charge in [0.2, 0.25) is 5.89 Å². The zero-order valence-corrected chi connectivity index (χ0v) is 14.9. The summed E-state index contributed by atoms with van der Waals surface area (Å²) in [6.45, 7) is 4.66. The molecule has 2 aromatic heterocycles. The van der Waals surface area contributed by atoms with Crippen LogP contribution in [0.5, 0.6) is 0 Å². The van der Waals surface area contributed by atoms with E-state index in [4.69, 9.17) is 9.63 Å². The van der Waals surface area contributed by atoms with Crippen LogP contribution in [-0.4, -0.2) is 32.7 Å². The van der Waals surface area contributed by atoms with E-state index >= 15 is 0 Å². The summed E-state index contributed by atoms with van der Waals surface area (Å²) in [5, 5.41) is 16.2. The van der Waals surface area contributed by atoms with Gasteiger partial charge in [0.1, 0.15) is 5.82 Å². The Kier molecular flexibility index (Phi) is 6.91. The molecule has 0 saturated heterocycles. The summed E-state index contributed by atoms with van der Waals surface area (Å²) in [7, 11) is 0. The quantitative estimate of drug-likeness (QED) is 0.602. The van der Waals surface area contributed by atoms with E-state index in [0.29, 0.717) is 18.1 Å². The van der Waals surface area contributed by atoms with Gasteiger partial charge >= 0.3 is 5.97 Å². The molecule has 0 fully saturated rings. The lowest BCUT2D eigenvalue weighted by Crippen LogP contribution is -2.19. The number of carboxylic acid groups (broad SMARTS) is 1. The third-order valence-electron chi connectivity index (χ3n) is 3.82. The molecule has 2 aromatic rings. The van der Waals surface area contributed by atoms with Gasteiger partial charge < -0.3 is 14.9 Å². The van der Waals surface area contributed by atoms with E-state index in [9.17, 15) is 4.79 Å². The summed E-state index contributed by atoms with van der Waals surface area (Å²) in [5.41, 5.74) is -0.396. The summed E-state index contributed by atoms with van der Waals surface area (Å²) in [6.07, 6.45) is 6.19. The molecule has 136 valence electrons. The Morgan fingerprint density at radius 1 is 1.28 bits per heavy atom. The Bertz CT molecular complexity index is 655. The van der Waals surface area contributed by atoms with Crippen molar-refractivity contribution in [3.05, 3.63) is 36.1 Å². The summed E-state index contributed by atoms with van der Waals surface area (Å²) in [4.78, 5) is 19.4. The molecule has 2 rings (SSSR count). The van der Waals surface area contributed by atoms with Crippen LogP contribution in [0.15, 0.2) is 28.9 Å². The fourth-order valence-corrected chi connectivity index (χ4v) is 2.61. The maximum Gasteiger partial charge on any atom is 0.303 e. The number of rotatable bonds is 11. The van der Waals surface area contributed by atoms with Gasteiger partial charge in [-0.2, -0.15) is 4.98 Å². The second-order valence-corrected chi connectivity index (χ2v) is 6.97. The molecule has 25 heavy (non-hydrogen) atoms. The van der Waals surface area contributed by atoms with Crippen LogP contribution < -0.4 is 5.32 Å². The molecule has 7 nitrogen and oxygen atoms in total. The number of aromatic nitrogens is 3. The molecule has 0 radical (unpaired) electrons. The van der Waals surface area contributed by atoms with Crippen molar-refractivity contribution in [1.82, 2.24) is 15.1 Å². The van der Waals surface area contributed by atoms with Crippen molar-refractivity contribution in [2.45, 2.75) is 52.4 Å². The molecule has 2 heterocycles. The average Bonchev–Trinajstić information content (AvgIpc) is 2.97. The maximum atomic E-state index is 10.9. The van der Waals surface area contributed by atoms with Crippen molar-refractivity contribution >= 4 is 11.8 Å². The lowest BCUT2D eigenvalue weighted by Gasteiger charge is -2.19. The van der Waals surface area contributed by atoms with E-state index < -0.39 is 11.4 Å². The highest BCUT2D eigenvalue weighted by Gasteiger charge is 2.25. The number of hydrogen-bond acceptors (Lipinski definition) is 6. The number of aliphatic carboxylic acids is 1. The minimum atomic E-state index is -0.816. The molecule has 0 aliphatic heterocycles.